The van der Waals surface area contributed by atoms with Gasteiger partial charge in [0.2, 0.25) is 0 Å². The lowest BCUT2D eigenvalue weighted by Gasteiger charge is -2.31. The molecule has 3 nitrogen and oxygen atoms in total. The molecule has 0 saturated heterocycles. The van der Waals surface area contributed by atoms with E-state index in [-0.39, 0.29) is 0 Å². The maximum absolute atomic E-state index is 5.96. The molecule has 0 spiro atoms. The third kappa shape index (κ3) is 2.62. The quantitative estimate of drug-likeness (QED) is 0.916. The fourth-order valence-corrected chi connectivity index (χ4v) is 2.23. The Kier molecular flexibility index (Phi) is 4.39. The van der Waals surface area contributed by atoms with Crippen molar-refractivity contribution in [1.82, 2.24) is 4.98 Å². The van der Waals surface area contributed by atoms with Crippen molar-refractivity contribution in [3.63, 3.8) is 0 Å². The number of anilines is 2. The molecule has 0 bridgehead atoms. The molecule has 2 N–H and O–H groups in total. The highest BCUT2D eigenvalue weighted by Crippen LogP contribution is 2.32. The fraction of sp³-hybridized carbons (Fsp3) is 0.545. The van der Waals surface area contributed by atoms with Gasteiger partial charge in [-0.2, -0.15) is 0 Å². The van der Waals surface area contributed by atoms with Crippen molar-refractivity contribution in [3.05, 3.63) is 16.9 Å². The van der Waals surface area contributed by atoms with Crippen LogP contribution in [0.3, 0.4) is 0 Å². The summed E-state index contributed by atoms with van der Waals surface area (Å²) in [6.07, 6.45) is 4.59. The molecule has 4 heteroatoms. The lowest BCUT2D eigenvalue weighted by Crippen LogP contribution is -2.33. The summed E-state index contributed by atoms with van der Waals surface area (Å²) in [6, 6.07) is 0.482. The lowest BCUT2D eigenvalue weighted by atomic mass is 10.2. The van der Waals surface area contributed by atoms with Gasteiger partial charge in [-0.15, -0.1) is 0 Å². The second-order valence-electron chi connectivity index (χ2n) is 3.60. The van der Waals surface area contributed by atoms with E-state index in [9.17, 15) is 0 Å². The van der Waals surface area contributed by atoms with Crippen LogP contribution in [0, 0.1) is 0 Å². The first kappa shape index (κ1) is 12.3. The Bertz CT molecular complexity index is 307. The standard InChI is InChI=1S/C11H18BrN3/c1-4-8(3)15(5-2)11-9(12)6-14-7-10(11)13/h6-8H,4-5,13H2,1-3H3. The molecule has 15 heavy (non-hydrogen) atoms. The summed E-state index contributed by atoms with van der Waals surface area (Å²) in [6.45, 7) is 7.47. The van der Waals surface area contributed by atoms with Crippen LogP contribution in [0.25, 0.3) is 0 Å². The van der Waals surface area contributed by atoms with Crippen molar-refractivity contribution in [1.29, 1.82) is 0 Å². The van der Waals surface area contributed by atoms with Crippen molar-refractivity contribution in [2.24, 2.45) is 0 Å². The minimum absolute atomic E-state index is 0.482. The van der Waals surface area contributed by atoms with Gasteiger partial charge in [-0.3, -0.25) is 4.98 Å². The minimum atomic E-state index is 0.482. The van der Waals surface area contributed by atoms with Crippen LogP contribution in [0.4, 0.5) is 11.4 Å². The minimum Gasteiger partial charge on any atom is -0.396 e. The van der Waals surface area contributed by atoms with Gasteiger partial charge in [-0.05, 0) is 36.2 Å². The first-order chi connectivity index (χ1) is 7.11. The zero-order valence-electron chi connectivity index (χ0n) is 9.50. The first-order valence-corrected chi connectivity index (χ1v) is 6.06. The number of aromatic nitrogens is 1. The smallest absolute Gasteiger partial charge is 0.0778 e. The molecular formula is C11H18BrN3. The van der Waals surface area contributed by atoms with Gasteiger partial charge >= 0.3 is 0 Å². The summed E-state index contributed by atoms with van der Waals surface area (Å²) >= 11 is 3.50. The number of rotatable bonds is 4. The molecule has 0 aliphatic carbocycles. The predicted molar refractivity (Wildman–Crippen MR) is 69.1 cm³/mol. The molecule has 0 saturated carbocycles. The molecule has 0 aliphatic heterocycles. The number of hydrogen-bond acceptors (Lipinski definition) is 3. The van der Waals surface area contributed by atoms with E-state index in [4.69, 9.17) is 5.73 Å². The largest absolute Gasteiger partial charge is 0.396 e. The fourth-order valence-electron chi connectivity index (χ4n) is 1.66. The molecule has 0 amide bonds. The van der Waals surface area contributed by atoms with Crippen LogP contribution in [-0.2, 0) is 0 Å². The Hall–Kier alpha value is -0.770. The van der Waals surface area contributed by atoms with Crippen molar-refractivity contribution in [3.8, 4) is 0 Å². The molecule has 0 aliphatic rings. The van der Waals surface area contributed by atoms with Crippen molar-refractivity contribution in [2.75, 3.05) is 17.2 Å². The number of hydrogen-bond donors (Lipinski definition) is 1. The Morgan fingerprint density at radius 2 is 2.13 bits per heavy atom. The maximum atomic E-state index is 5.96. The molecule has 0 radical (unpaired) electrons. The number of nitrogen functional groups attached to an aromatic ring is 1. The molecule has 0 aromatic carbocycles. The van der Waals surface area contributed by atoms with E-state index >= 15 is 0 Å². The SMILES string of the molecule is CCC(C)N(CC)c1c(N)cncc1Br. The van der Waals surface area contributed by atoms with Crippen molar-refractivity contribution in [2.45, 2.75) is 33.2 Å². The van der Waals surface area contributed by atoms with E-state index in [0.29, 0.717) is 6.04 Å². The van der Waals surface area contributed by atoms with Crippen molar-refractivity contribution >= 4 is 27.3 Å². The van der Waals surface area contributed by atoms with E-state index < -0.39 is 0 Å². The summed E-state index contributed by atoms with van der Waals surface area (Å²) in [4.78, 5) is 6.34. The number of nitrogens with two attached hydrogens (primary N) is 1. The Balaban J connectivity index is 3.11. The Morgan fingerprint density at radius 3 is 2.60 bits per heavy atom. The molecule has 1 heterocycles. The highest BCUT2D eigenvalue weighted by molar-refractivity contribution is 9.10. The second-order valence-corrected chi connectivity index (χ2v) is 4.46. The van der Waals surface area contributed by atoms with E-state index in [1.807, 2.05) is 0 Å². The van der Waals surface area contributed by atoms with Gasteiger partial charge in [-0.1, -0.05) is 6.92 Å². The van der Waals surface area contributed by atoms with E-state index in [1.165, 1.54) is 0 Å². The van der Waals surface area contributed by atoms with Crippen molar-refractivity contribution < 1.29 is 0 Å². The van der Waals surface area contributed by atoms with Crippen LogP contribution in [0.5, 0.6) is 0 Å². The summed E-state index contributed by atoms with van der Waals surface area (Å²) in [5.41, 5.74) is 7.74. The Labute approximate surface area is 99.8 Å². The third-order valence-corrected chi connectivity index (χ3v) is 3.23. The highest BCUT2D eigenvalue weighted by atomic mass is 79.9. The topological polar surface area (TPSA) is 42.1 Å². The van der Waals surface area contributed by atoms with Crippen LogP contribution >= 0.6 is 15.9 Å². The first-order valence-electron chi connectivity index (χ1n) is 5.27. The average molecular weight is 272 g/mol. The van der Waals surface area contributed by atoms with Crippen LogP contribution in [-0.4, -0.2) is 17.6 Å². The number of pyridine rings is 1. The van der Waals surface area contributed by atoms with Crippen LogP contribution in [0.15, 0.2) is 16.9 Å². The van der Waals surface area contributed by atoms with Gasteiger partial charge in [0.05, 0.1) is 22.0 Å². The maximum Gasteiger partial charge on any atom is 0.0778 e. The molecule has 1 aromatic heterocycles. The van der Waals surface area contributed by atoms with Gasteiger partial charge in [0.15, 0.2) is 0 Å². The predicted octanol–water partition coefficient (Wildman–Crippen LogP) is 3.05. The number of halogens is 1. The molecule has 0 fully saturated rings. The molecule has 1 aromatic rings. The number of nitrogens with zero attached hydrogens (tertiary/aromatic N) is 2. The summed E-state index contributed by atoms with van der Waals surface area (Å²) < 4.78 is 0.963. The van der Waals surface area contributed by atoms with E-state index in [0.717, 1.165) is 28.8 Å². The van der Waals surface area contributed by atoms with Gasteiger partial charge in [0.25, 0.3) is 0 Å². The summed E-state index contributed by atoms with van der Waals surface area (Å²) in [5.74, 6) is 0. The monoisotopic (exact) mass is 271 g/mol. The third-order valence-electron chi connectivity index (χ3n) is 2.65. The van der Waals surface area contributed by atoms with E-state index in [2.05, 4.69) is 46.6 Å². The van der Waals surface area contributed by atoms with Gasteiger partial charge in [0.1, 0.15) is 0 Å². The summed E-state index contributed by atoms with van der Waals surface area (Å²) in [5, 5.41) is 0. The zero-order chi connectivity index (χ0) is 11.4. The van der Waals surface area contributed by atoms with Crippen LogP contribution in [0.2, 0.25) is 0 Å². The zero-order valence-corrected chi connectivity index (χ0v) is 11.1. The summed E-state index contributed by atoms with van der Waals surface area (Å²) in [7, 11) is 0. The molecular weight excluding hydrogens is 254 g/mol. The lowest BCUT2D eigenvalue weighted by molar-refractivity contribution is 0.629. The highest BCUT2D eigenvalue weighted by Gasteiger charge is 2.16. The average Bonchev–Trinajstić information content (AvgIpc) is 2.22. The Morgan fingerprint density at radius 1 is 1.47 bits per heavy atom. The second kappa shape index (κ2) is 5.35. The van der Waals surface area contributed by atoms with Crippen LogP contribution in [0.1, 0.15) is 27.2 Å². The normalized spacial score (nSPS) is 12.5. The van der Waals surface area contributed by atoms with Gasteiger partial charge in [-0.25, -0.2) is 0 Å². The molecule has 1 atom stereocenters. The van der Waals surface area contributed by atoms with E-state index in [1.54, 1.807) is 12.4 Å². The molecule has 1 rings (SSSR count). The molecule has 84 valence electrons. The van der Waals surface area contributed by atoms with Gasteiger partial charge in [0, 0.05) is 18.8 Å². The molecule has 1 unspecified atom stereocenters. The van der Waals surface area contributed by atoms with Gasteiger partial charge < -0.3 is 10.6 Å². The van der Waals surface area contributed by atoms with Crippen LogP contribution < -0.4 is 10.6 Å².